The zero-order valence-electron chi connectivity index (χ0n) is 18.1. The second kappa shape index (κ2) is 10.2. The lowest BCUT2D eigenvalue weighted by atomic mass is 10.1. The predicted octanol–water partition coefficient (Wildman–Crippen LogP) is 3.78. The third-order valence-corrected chi connectivity index (χ3v) is 4.81. The minimum Gasteiger partial charge on any atom is -0.495 e. The van der Waals surface area contributed by atoms with Crippen LogP contribution in [-0.2, 0) is 9.59 Å². The minimum absolute atomic E-state index is 0.358. The van der Waals surface area contributed by atoms with Crippen molar-refractivity contribution >= 4 is 23.7 Å². The summed E-state index contributed by atoms with van der Waals surface area (Å²) in [5, 5.41) is 11.0. The van der Waals surface area contributed by atoms with Gasteiger partial charge < -0.3 is 10.1 Å². The van der Waals surface area contributed by atoms with Crippen LogP contribution in [0.4, 0.5) is 10.1 Å². The lowest BCUT2D eigenvalue weighted by molar-refractivity contribution is -0.136. The predicted molar refractivity (Wildman–Crippen MR) is 126 cm³/mol. The highest BCUT2D eigenvalue weighted by Gasteiger charge is 2.16. The second-order valence-corrected chi connectivity index (χ2v) is 7.07. The van der Waals surface area contributed by atoms with E-state index < -0.39 is 11.8 Å². The van der Waals surface area contributed by atoms with Crippen molar-refractivity contribution in [3.05, 3.63) is 96.4 Å². The van der Waals surface area contributed by atoms with Crippen LogP contribution in [0.15, 0.2) is 90.2 Å². The minimum atomic E-state index is -0.957. The molecule has 0 aliphatic heterocycles. The Morgan fingerprint density at radius 1 is 0.971 bits per heavy atom. The van der Waals surface area contributed by atoms with Crippen molar-refractivity contribution in [3.63, 3.8) is 0 Å². The van der Waals surface area contributed by atoms with Crippen LogP contribution in [0.1, 0.15) is 5.56 Å². The molecule has 2 amide bonds. The van der Waals surface area contributed by atoms with E-state index in [1.807, 2.05) is 30.3 Å². The molecule has 0 saturated carbocycles. The molecule has 4 aromatic rings. The van der Waals surface area contributed by atoms with Crippen LogP contribution in [0.2, 0.25) is 0 Å². The van der Waals surface area contributed by atoms with E-state index >= 15 is 0 Å². The van der Waals surface area contributed by atoms with E-state index in [0.717, 1.165) is 5.69 Å². The van der Waals surface area contributed by atoms with Gasteiger partial charge in [-0.15, -0.1) is 0 Å². The van der Waals surface area contributed by atoms with Crippen molar-refractivity contribution in [2.45, 2.75) is 0 Å². The Morgan fingerprint density at radius 3 is 2.41 bits per heavy atom. The number of hydrazone groups is 1. The van der Waals surface area contributed by atoms with Gasteiger partial charge in [0, 0.05) is 17.3 Å². The number of carbonyl (C=O) groups is 2. The van der Waals surface area contributed by atoms with Crippen molar-refractivity contribution in [1.29, 1.82) is 0 Å². The van der Waals surface area contributed by atoms with E-state index in [9.17, 15) is 14.0 Å². The van der Waals surface area contributed by atoms with E-state index in [2.05, 4.69) is 20.9 Å². The Morgan fingerprint density at radius 2 is 1.68 bits per heavy atom. The van der Waals surface area contributed by atoms with Crippen molar-refractivity contribution < 1.29 is 18.7 Å². The van der Waals surface area contributed by atoms with Gasteiger partial charge in [-0.1, -0.05) is 30.3 Å². The fourth-order valence-corrected chi connectivity index (χ4v) is 3.17. The van der Waals surface area contributed by atoms with Crippen LogP contribution in [0, 0.1) is 5.82 Å². The topological polar surface area (TPSA) is 97.6 Å². The first kappa shape index (κ1) is 22.4. The maximum atomic E-state index is 13.4. The first-order chi connectivity index (χ1) is 16.5. The van der Waals surface area contributed by atoms with Gasteiger partial charge in [0.2, 0.25) is 0 Å². The number of hydrogen-bond acceptors (Lipinski definition) is 5. The number of halogens is 1. The SMILES string of the molecule is COc1ccccc1NC(=O)C(=O)N/N=C\c1cn(-c2ccccc2)nc1-c1ccc(F)cc1. The number of benzene rings is 3. The van der Waals surface area contributed by atoms with E-state index in [1.165, 1.54) is 25.5 Å². The Balaban J connectivity index is 1.53. The monoisotopic (exact) mass is 457 g/mol. The van der Waals surface area contributed by atoms with Crippen LogP contribution < -0.4 is 15.5 Å². The molecule has 2 N–H and O–H groups in total. The van der Waals surface area contributed by atoms with Gasteiger partial charge in [-0.05, 0) is 48.5 Å². The molecule has 34 heavy (non-hydrogen) atoms. The van der Waals surface area contributed by atoms with Crippen molar-refractivity contribution in [3.8, 4) is 22.7 Å². The lowest BCUT2D eigenvalue weighted by Crippen LogP contribution is -2.32. The summed E-state index contributed by atoms with van der Waals surface area (Å²) in [6, 6.07) is 22.0. The third kappa shape index (κ3) is 5.16. The Bertz CT molecular complexity index is 1330. The molecular formula is C25H20FN5O3. The summed E-state index contributed by atoms with van der Waals surface area (Å²) >= 11 is 0. The van der Waals surface area contributed by atoms with Gasteiger partial charge in [-0.3, -0.25) is 9.59 Å². The van der Waals surface area contributed by atoms with Gasteiger partial charge in [0.05, 0.1) is 24.7 Å². The van der Waals surface area contributed by atoms with Gasteiger partial charge in [0.1, 0.15) is 17.3 Å². The second-order valence-electron chi connectivity index (χ2n) is 7.07. The molecule has 8 nitrogen and oxygen atoms in total. The number of carbonyl (C=O) groups excluding carboxylic acids is 2. The summed E-state index contributed by atoms with van der Waals surface area (Å²) in [7, 11) is 1.46. The number of nitrogens with zero attached hydrogens (tertiary/aromatic N) is 3. The van der Waals surface area contributed by atoms with Crippen LogP contribution in [0.3, 0.4) is 0 Å². The molecule has 0 aliphatic rings. The Kier molecular flexibility index (Phi) is 6.73. The average Bonchev–Trinajstić information content (AvgIpc) is 3.29. The quantitative estimate of drug-likeness (QED) is 0.262. The van der Waals surface area contributed by atoms with Crippen molar-refractivity contribution in [1.82, 2.24) is 15.2 Å². The zero-order chi connectivity index (χ0) is 23.9. The number of hydrogen-bond donors (Lipinski definition) is 2. The summed E-state index contributed by atoms with van der Waals surface area (Å²) in [4.78, 5) is 24.4. The summed E-state index contributed by atoms with van der Waals surface area (Å²) in [6.45, 7) is 0. The molecule has 0 atom stereocenters. The van der Waals surface area contributed by atoms with Crippen molar-refractivity contribution in [2.24, 2.45) is 5.10 Å². The van der Waals surface area contributed by atoms with Crippen LogP contribution in [0.5, 0.6) is 5.75 Å². The first-order valence-electron chi connectivity index (χ1n) is 10.2. The van der Waals surface area contributed by atoms with Gasteiger partial charge in [-0.2, -0.15) is 10.2 Å². The molecule has 0 bridgehead atoms. The molecule has 170 valence electrons. The van der Waals surface area contributed by atoms with Gasteiger partial charge >= 0.3 is 11.8 Å². The number of amides is 2. The standard InChI is InChI=1S/C25H20FN5O3/c1-34-22-10-6-5-9-21(22)28-24(32)25(33)29-27-15-18-16-31(20-7-3-2-4-8-20)30-23(18)17-11-13-19(26)14-12-17/h2-16H,1H3,(H,28,32)(H,29,33)/b27-15-. The van der Waals surface area contributed by atoms with Crippen LogP contribution in [0.25, 0.3) is 16.9 Å². The molecule has 0 aliphatic carbocycles. The molecule has 9 heteroatoms. The molecule has 0 unspecified atom stereocenters. The highest BCUT2D eigenvalue weighted by atomic mass is 19.1. The number of anilines is 1. The molecule has 3 aromatic carbocycles. The van der Waals surface area contributed by atoms with Crippen molar-refractivity contribution in [2.75, 3.05) is 12.4 Å². The summed E-state index contributed by atoms with van der Waals surface area (Å²) in [5.41, 5.74) is 5.12. The molecule has 0 saturated heterocycles. The number of ether oxygens (including phenoxy) is 1. The average molecular weight is 457 g/mol. The molecule has 4 rings (SSSR count). The first-order valence-corrected chi connectivity index (χ1v) is 10.2. The van der Waals surface area contributed by atoms with Gasteiger partial charge in [0.15, 0.2) is 0 Å². The summed E-state index contributed by atoms with van der Waals surface area (Å²) < 4.78 is 20.2. The lowest BCUT2D eigenvalue weighted by Gasteiger charge is -2.08. The number of aromatic nitrogens is 2. The molecule has 0 spiro atoms. The molecule has 1 heterocycles. The van der Waals surface area contributed by atoms with E-state index in [0.29, 0.717) is 28.3 Å². The fourth-order valence-electron chi connectivity index (χ4n) is 3.17. The summed E-state index contributed by atoms with van der Waals surface area (Å²) in [5.74, 6) is -1.81. The fraction of sp³-hybridized carbons (Fsp3) is 0.0400. The van der Waals surface area contributed by atoms with Crippen LogP contribution >= 0.6 is 0 Å². The third-order valence-electron chi connectivity index (χ3n) is 4.81. The summed E-state index contributed by atoms with van der Waals surface area (Å²) in [6.07, 6.45) is 3.10. The Labute approximate surface area is 194 Å². The number of nitrogens with one attached hydrogen (secondary N) is 2. The smallest absolute Gasteiger partial charge is 0.329 e. The maximum Gasteiger partial charge on any atom is 0.329 e. The number of para-hydroxylation sites is 3. The van der Waals surface area contributed by atoms with E-state index in [4.69, 9.17) is 4.74 Å². The largest absolute Gasteiger partial charge is 0.495 e. The highest BCUT2D eigenvalue weighted by Crippen LogP contribution is 2.24. The zero-order valence-corrected chi connectivity index (χ0v) is 18.1. The molecule has 1 aromatic heterocycles. The molecular weight excluding hydrogens is 437 g/mol. The van der Waals surface area contributed by atoms with E-state index in [-0.39, 0.29) is 5.82 Å². The highest BCUT2D eigenvalue weighted by molar-refractivity contribution is 6.39. The van der Waals surface area contributed by atoms with Crippen LogP contribution in [-0.4, -0.2) is 34.9 Å². The Hall–Kier alpha value is -4.79. The maximum absolute atomic E-state index is 13.4. The number of rotatable bonds is 6. The van der Waals surface area contributed by atoms with Gasteiger partial charge in [0.25, 0.3) is 0 Å². The number of methoxy groups -OCH3 is 1. The normalized spacial score (nSPS) is 10.8. The molecule has 0 radical (unpaired) electrons. The van der Waals surface area contributed by atoms with Gasteiger partial charge in [-0.25, -0.2) is 14.5 Å². The molecule has 0 fully saturated rings. The van der Waals surface area contributed by atoms with E-state index in [1.54, 1.807) is 47.3 Å².